The van der Waals surface area contributed by atoms with E-state index in [0.29, 0.717) is 0 Å². The van der Waals surface area contributed by atoms with Gasteiger partial charge >= 0.3 is 6.09 Å². The number of likely N-dealkylation sites (tertiary alicyclic amines) is 1. The summed E-state index contributed by atoms with van der Waals surface area (Å²) in [6.07, 6.45) is 3.57. The lowest BCUT2D eigenvalue weighted by atomic mass is 10.0. The number of rotatable bonds is 3. The molecule has 1 fully saturated rings. The Hall–Kier alpha value is -0.660. The molecule has 1 aliphatic rings. The van der Waals surface area contributed by atoms with Crippen LogP contribution in [0, 0.1) is 0 Å². The second-order valence-electron chi connectivity index (χ2n) is 6.66. The fraction of sp³-hybridized carbons (Fsp3) is 0.733. The molecule has 0 radical (unpaired) electrons. The maximum absolute atomic E-state index is 12.1. The minimum atomic E-state index is -0.440. The second-order valence-corrected chi connectivity index (χ2v) is 9.15. The average molecular weight is 390 g/mol. The predicted molar refractivity (Wildman–Crippen MR) is 92.1 cm³/mol. The van der Waals surface area contributed by atoms with Gasteiger partial charge in [0.15, 0.2) is 0 Å². The topological polar surface area (TPSA) is 45.7 Å². The molecule has 0 aromatic carbocycles. The molecule has 1 amide bonds. The lowest BCUT2D eigenvalue weighted by Gasteiger charge is -2.37. The van der Waals surface area contributed by atoms with Crippen LogP contribution in [0.5, 0.6) is 0 Å². The molecule has 124 valence electrons. The van der Waals surface area contributed by atoms with Crippen molar-refractivity contribution in [1.82, 2.24) is 14.8 Å². The Morgan fingerprint density at radius 3 is 2.64 bits per heavy atom. The first-order chi connectivity index (χ1) is 10.2. The standard InChI is InChI=1S/C15H24BrN3O2S/c1-15(2,3)21-14(20)18(4)11-5-7-19(8-6-11)10-13-17-9-12(16)22-13/h9,11H,5-8,10H2,1-4H3. The molecule has 2 heterocycles. The van der Waals surface area contributed by atoms with Gasteiger partial charge in [-0.25, -0.2) is 9.78 Å². The lowest BCUT2D eigenvalue weighted by Crippen LogP contribution is -2.46. The van der Waals surface area contributed by atoms with Crippen LogP contribution < -0.4 is 0 Å². The van der Waals surface area contributed by atoms with Crippen molar-refractivity contribution in [2.45, 2.75) is 51.8 Å². The first kappa shape index (κ1) is 17.7. The van der Waals surface area contributed by atoms with Crippen LogP contribution >= 0.6 is 27.3 Å². The zero-order chi connectivity index (χ0) is 16.3. The van der Waals surface area contributed by atoms with E-state index in [1.165, 1.54) is 0 Å². The van der Waals surface area contributed by atoms with Gasteiger partial charge in [0.05, 0.1) is 16.5 Å². The smallest absolute Gasteiger partial charge is 0.410 e. The summed E-state index contributed by atoms with van der Waals surface area (Å²) in [4.78, 5) is 20.6. The third-order valence-electron chi connectivity index (χ3n) is 3.67. The Bertz CT molecular complexity index is 507. The molecule has 2 rings (SSSR count). The normalized spacial score (nSPS) is 17.5. The molecule has 1 aromatic rings. The number of ether oxygens (including phenoxy) is 1. The van der Waals surface area contributed by atoms with E-state index >= 15 is 0 Å². The van der Waals surface area contributed by atoms with Gasteiger partial charge in [-0.05, 0) is 49.5 Å². The van der Waals surface area contributed by atoms with Crippen molar-refractivity contribution < 1.29 is 9.53 Å². The monoisotopic (exact) mass is 389 g/mol. The predicted octanol–water partition coefficient (Wildman–Crippen LogP) is 3.74. The number of halogens is 1. The highest BCUT2D eigenvalue weighted by Crippen LogP contribution is 2.23. The molecule has 0 spiro atoms. The molecule has 0 atom stereocenters. The first-order valence-corrected chi connectivity index (χ1v) is 9.14. The minimum Gasteiger partial charge on any atom is -0.444 e. The number of carbonyl (C=O) groups is 1. The second kappa shape index (κ2) is 7.27. The average Bonchev–Trinajstić information content (AvgIpc) is 2.82. The highest BCUT2D eigenvalue weighted by molar-refractivity contribution is 9.11. The SMILES string of the molecule is CN(C(=O)OC(C)(C)C)C1CCN(Cc2ncc(Br)s2)CC1. The van der Waals surface area contributed by atoms with E-state index in [0.717, 1.165) is 41.3 Å². The van der Waals surface area contributed by atoms with E-state index in [2.05, 4.69) is 25.8 Å². The van der Waals surface area contributed by atoms with Gasteiger partial charge in [-0.2, -0.15) is 0 Å². The molecular formula is C15H24BrN3O2S. The lowest BCUT2D eigenvalue weighted by molar-refractivity contribution is 0.0149. The summed E-state index contributed by atoms with van der Waals surface area (Å²) in [6.45, 7) is 8.54. The fourth-order valence-electron chi connectivity index (χ4n) is 2.50. The van der Waals surface area contributed by atoms with Crippen LogP contribution in [0.3, 0.4) is 0 Å². The van der Waals surface area contributed by atoms with E-state index < -0.39 is 5.60 Å². The maximum Gasteiger partial charge on any atom is 0.410 e. The van der Waals surface area contributed by atoms with Crippen LogP contribution in [0.15, 0.2) is 9.98 Å². The molecule has 0 aliphatic carbocycles. The summed E-state index contributed by atoms with van der Waals surface area (Å²) in [5.74, 6) is 0. The number of carbonyl (C=O) groups excluding carboxylic acids is 1. The van der Waals surface area contributed by atoms with E-state index in [1.807, 2.05) is 34.0 Å². The van der Waals surface area contributed by atoms with Gasteiger partial charge < -0.3 is 9.64 Å². The van der Waals surface area contributed by atoms with Crippen LogP contribution in [0.1, 0.15) is 38.6 Å². The van der Waals surface area contributed by atoms with Gasteiger partial charge in [0.2, 0.25) is 0 Å². The number of amides is 1. The highest BCUT2D eigenvalue weighted by Gasteiger charge is 2.28. The third-order valence-corrected chi connectivity index (χ3v) is 5.13. The summed E-state index contributed by atoms with van der Waals surface area (Å²) in [5, 5.41) is 1.13. The summed E-state index contributed by atoms with van der Waals surface area (Å²) in [7, 11) is 1.84. The van der Waals surface area contributed by atoms with Crippen molar-refractivity contribution >= 4 is 33.4 Å². The molecule has 5 nitrogen and oxygen atoms in total. The van der Waals surface area contributed by atoms with Crippen molar-refractivity contribution in [3.05, 3.63) is 15.0 Å². The zero-order valence-electron chi connectivity index (χ0n) is 13.6. The number of piperidine rings is 1. The molecular weight excluding hydrogens is 366 g/mol. The Balaban J connectivity index is 1.80. The van der Waals surface area contributed by atoms with E-state index in [1.54, 1.807) is 16.2 Å². The molecule has 0 bridgehead atoms. The van der Waals surface area contributed by atoms with Crippen molar-refractivity contribution in [2.75, 3.05) is 20.1 Å². The Labute approximate surface area is 144 Å². The molecule has 0 unspecified atom stereocenters. The van der Waals surface area contributed by atoms with Gasteiger partial charge in [0.25, 0.3) is 0 Å². The van der Waals surface area contributed by atoms with Crippen molar-refractivity contribution in [2.24, 2.45) is 0 Å². The number of hydrogen-bond donors (Lipinski definition) is 0. The maximum atomic E-state index is 12.1. The van der Waals surface area contributed by atoms with Gasteiger partial charge in [0.1, 0.15) is 10.6 Å². The number of nitrogens with zero attached hydrogens (tertiary/aromatic N) is 3. The van der Waals surface area contributed by atoms with Gasteiger partial charge in [-0.1, -0.05) is 0 Å². The van der Waals surface area contributed by atoms with Crippen LogP contribution in [-0.2, 0) is 11.3 Å². The Morgan fingerprint density at radius 1 is 1.50 bits per heavy atom. The quantitative estimate of drug-likeness (QED) is 0.789. The Kier molecular flexibility index (Phi) is 5.85. The molecule has 7 heteroatoms. The molecule has 1 saturated heterocycles. The molecule has 22 heavy (non-hydrogen) atoms. The van der Waals surface area contributed by atoms with Crippen LogP contribution in [0.4, 0.5) is 4.79 Å². The third kappa shape index (κ3) is 5.21. The minimum absolute atomic E-state index is 0.227. The van der Waals surface area contributed by atoms with E-state index in [4.69, 9.17) is 4.74 Å². The molecule has 1 aliphatic heterocycles. The summed E-state index contributed by atoms with van der Waals surface area (Å²) < 4.78 is 6.51. The van der Waals surface area contributed by atoms with Gasteiger partial charge in [-0.15, -0.1) is 11.3 Å². The van der Waals surface area contributed by atoms with E-state index in [-0.39, 0.29) is 12.1 Å². The van der Waals surface area contributed by atoms with Crippen LogP contribution in [0.25, 0.3) is 0 Å². The fourth-order valence-corrected chi connectivity index (χ4v) is 3.85. The highest BCUT2D eigenvalue weighted by atomic mass is 79.9. The van der Waals surface area contributed by atoms with Gasteiger partial charge in [0, 0.05) is 26.2 Å². The number of hydrogen-bond acceptors (Lipinski definition) is 5. The Morgan fingerprint density at radius 2 is 2.14 bits per heavy atom. The van der Waals surface area contributed by atoms with Crippen LogP contribution in [0.2, 0.25) is 0 Å². The van der Waals surface area contributed by atoms with Crippen molar-refractivity contribution in [3.8, 4) is 0 Å². The summed E-state index contributed by atoms with van der Waals surface area (Å²) in [5.41, 5.74) is -0.440. The van der Waals surface area contributed by atoms with E-state index in [9.17, 15) is 4.79 Å². The molecule has 0 N–H and O–H groups in total. The zero-order valence-corrected chi connectivity index (χ0v) is 16.0. The molecule has 1 aromatic heterocycles. The number of thiazole rings is 1. The van der Waals surface area contributed by atoms with Crippen molar-refractivity contribution in [3.63, 3.8) is 0 Å². The molecule has 0 saturated carbocycles. The van der Waals surface area contributed by atoms with Crippen LogP contribution in [-0.4, -0.2) is 52.7 Å². The largest absolute Gasteiger partial charge is 0.444 e. The first-order valence-electron chi connectivity index (χ1n) is 7.53. The number of aromatic nitrogens is 1. The van der Waals surface area contributed by atoms with Gasteiger partial charge in [-0.3, -0.25) is 4.90 Å². The summed E-state index contributed by atoms with van der Waals surface area (Å²) in [6, 6.07) is 0.258. The van der Waals surface area contributed by atoms with Crippen molar-refractivity contribution in [1.29, 1.82) is 0 Å². The summed E-state index contributed by atoms with van der Waals surface area (Å²) >= 11 is 5.12.